The molecule has 1 amide bonds. The number of amides is 1. The van der Waals surface area contributed by atoms with Crippen molar-refractivity contribution >= 4 is 11.9 Å². The van der Waals surface area contributed by atoms with Gasteiger partial charge in [0.25, 0.3) is 5.91 Å². The van der Waals surface area contributed by atoms with E-state index in [2.05, 4.69) is 5.16 Å². The number of carbonyl (C=O) groups is 2. The summed E-state index contributed by atoms with van der Waals surface area (Å²) in [4.78, 5) is 24.1. The number of rotatable bonds is 5. The van der Waals surface area contributed by atoms with Crippen molar-refractivity contribution in [2.45, 2.75) is 33.2 Å². The molecule has 1 atom stereocenters. The van der Waals surface area contributed by atoms with Crippen molar-refractivity contribution in [2.75, 3.05) is 6.54 Å². The van der Waals surface area contributed by atoms with Gasteiger partial charge in [-0.05, 0) is 20.8 Å². The number of carboxylic acids is 1. The standard InChI is InChI=1S/C11H16N2O4/c1-4-13(8(3)6-10(14)15)11(16)9-5-7(2)12-17-9/h5,8H,4,6H2,1-3H3,(H,14,15). The maximum Gasteiger partial charge on any atom is 0.305 e. The predicted molar refractivity (Wildman–Crippen MR) is 59.7 cm³/mol. The zero-order valence-corrected chi connectivity index (χ0v) is 10.1. The SMILES string of the molecule is CCN(C(=O)c1cc(C)no1)C(C)CC(=O)O. The highest BCUT2D eigenvalue weighted by Gasteiger charge is 2.24. The van der Waals surface area contributed by atoms with Gasteiger partial charge in [0.05, 0.1) is 12.1 Å². The zero-order chi connectivity index (χ0) is 13.0. The molecule has 0 saturated carbocycles. The van der Waals surface area contributed by atoms with Crippen molar-refractivity contribution in [1.29, 1.82) is 0 Å². The third-order valence-corrected chi connectivity index (χ3v) is 2.44. The zero-order valence-electron chi connectivity index (χ0n) is 10.1. The van der Waals surface area contributed by atoms with Gasteiger partial charge in [-0.15, -0.1) is 0 Å². The van der Waals surface area contributed by atoms with Crippen LogP contribution in [0.3, 0.4) is 0 Å². The smallest absolute Gasteiger partial charge is 0.305 e. The van der Waals surface area contributed by atoms with Gasteiger partial charge in [0.15, 0.2) is 0 Å². The Morgan fingerprint density at radius 1 is 1.59 bits per heavy atom. The highest BCUT2D eigenvalue weighted by atomic mass is 16.5. The minimum Gasteiger partial charge on any atom is -0.481 e. The van der Waals surface area contributed by atoms with Crippen molar-refractivity contribution in [3.63, 3.8) is 0 Å². The number of nitrogens with zero attached hydrogens (tertiary/aromatic N) is 2. The summed E-state index contributed by atoms with van der Waals surface area (Å²) >= 11 is 0. The van der Waals surface area contributed by atoms with E-state index in [1.54, 1.807) is 26.8 Å². The van der Waals surface area contributed by atoms with Gasteiger partial charge in [-0.1, -0.05) is 5.16 Å². The van der Waals surface area contributed by atoms with Crippen LogP contribution in [0.1, 0.15) is 36.5 Å². The molecule has 1 rings (SSSR count). The highest BCUT2D eigenvalue weighted by molar-refractivity contribution is 5.91. The lowest BCUT2D eigenvalue weighted by Crippen LogP contribution is -2.39. The van der Waals surface area contributed by atoms with Crippen molar-refractivity contribution < 1.29 is 19.2 Å². The van der Waals surface area contributed by atoms with Crippen molar-refractivity contribution in [3.8, 4) is 0 Å². The van der Waals surface area contributed by atoms with E-state index < -0.39 is 5.97 Å². The lowest BCUT2D eigenvalue weighted by atomic mass is 10.2. The van der Waals surface area contributed by atoms with Gasteiger partial charge in [0, 0.05) is 18.7 Å². The molecule has 0 radical (unpaired) electrons. The number of aliphatic carboxylic acids is 1. The van der Waals surface area contributed by atoms with E-state index in [1.807, 2.05) is 0 Å². The first-order chi connectivity index (χ1) is 7.95. The molecule has 0 aromatic carbocycles. The van der Waals surface area contributed by atoms with Crippen LogP contribution < -0.4 is 0 Å². The van der Waals surface area contributed by atoms with E-state index in [0.717, 1.165) is 0 Å². The average Bonchev–Trinajstić information content (AvgIpc) is 2.64. The summed E-state index contributed by atoms with van der Waals surface area (Å²) in [6.07, 6.45) is -0.0906. The molecule has 0 saturated heterocycles. The number of aryl methyl sites for hydroxylation is 1. The van der Waals surface area contributed by atoms with E-state index in [9.17, 15) is 9.59 Å². The van der Waals surface area contributed by atoms with E-state index in [0.29, 0.717) is 12.2 Å². The second kappa shape index (κ2) is 5.47. The van der Waals surface area contributed by atoms with Crippen molar-refractivity contribution in [2.24, 2.45) is 0 Å². The molecule has 1 N–H and O–H groups in total. The summed E-state index contributed by atoms with van der Waals surface area (Å²) in [5.41, 5.74) is 0.621. The molecule has 0 spiro atoms. The minimum atomic E-state index is -0.933. The van der Waals surface area contributed by atoms with E-state index in [4.69, 9.17) is 9.63 Å². The number of aromatic nitrogens is 1. The number of hydrogen-bond acceptors (Lipinski definition) is 4. The molecule has 94 valence electrons. The van der Waals surface area contributed by atoms with E-state index >= 15 is 0 Å². The van der Waals surface area contributed by atoms with Crippen LogP contribution in [0.4, 0.5) is 0 Å². The largest absolute Gasteiger partial charge is 0.481 e. The maximum atomic E-state index is 12.0. The maximum absolute atomic E-state index is 12.0. The summed E-state index contributed by atoms with van der Waals surface area (Å²) in [5.74, 6) is -1.12. The fourth-order valence-corrected chi connectivity index (χ4v) is 1.62. The summed E-state index contributed by atoms with van der Waals surface area (Å²) in [7, 11) is 0. The molecular formula is C11H16N2O4. The second-order valence-corrected chi connectivity index (χ2v) is 3.87. The van der Waals surface area contributed by atoms with E-state index in [1.165, 1.54) is 4.90 Å². The molecule has 6 heteroatoms. The van der Waals surface area contributed by atoms with Crippen LogP contribution in [0.2, 0.25) is 0 Å². The highest BCUT2D eigenvalue weighted by Crippen LogP contribution is 2.11. The Morgan fingerprint density at radius 3 is 2.65 bits per heavy atom. The minimum absolute atomic E-state index is 0.0906. The molecule has 0 aliphatic rings. The molecule has 0 fully saturated rings. The predicted octanol–water partition coefficient (Wildman–Crippen LogP) is 1.31. The van der Waals surface area contributed by atoms with Gasteiger partial charge in [-0.25, -0.2) is 0 Å². The normalized spacial score (nSPS) is 12.2. The summed E-state index contributed by atoms with van der Waals surface area (Å²) in [5, 5.41) is 12.3. The molecule has 17 heavy (non-hydrogen) atoms. The molecule has 1 aromatic rings. The third kappa shape index (κ3) is 3.30. The van der Waals surface area contributed by atoms with Gasteiger partial charge in [0.2, 0.25) is 5.76 Å². The average molecular weight is 240 g/mol. The first-order valence-electron chi connectivity index (χ1n) is 5.41. The fourth-order valence-electron chi connectivity index (χ4n) is 1.62. The summed E-state index contributed by atoms with van der Waals surface area (Å²) in [6.45, 7) is 5.63. The molecule has 6 nitrogen and oxygen atoms in total. The fraction of sp³-hybridized carbons (Fsp3) is 0.545. The monoisotopic (exact) mass is 240 g/mol. The van der Waals surface area contributed by atoms with Gasteiger partial charge in [-0.3, -0.25) is 9.59 Å². The third-order valence-electron chi connectivity index (χ3n) is 2.44. The van der Waals surface area contributed by atoms with Crippen molar-refractivity contribution in [1.82, 2.24) is 10.1 Å². The lowest BCUT2D eigenvalue weighted by molar-refractivity contribution is -0.138. The molecule has 1 heterocycles. The molecule has 0 aliphatic heterocycles. The van der Waals surface area contributed by atoms with Crippen LogP contribution in [0.5, 0.6) is 0 Å². The molecular weight excluding hydrogens is 224 g/mol. The van der Waals surface area contributed by atoms with Gasteiger partial charge in [-0.2, -0.15) is 0 Å². The Morgan fingerprint density at radius 2 is 2.24 bits per heavy atom. The van der Waals surface area contributed by atoms with Crippen LogP contribution in [0, 0.1) is 6.92 Å². The topological polar surface area (TPSA) is 83.6 Å². The number of hydrogen-bond donors (Lipinski definition) is 1. The van der Waals surface area contributed by atoms with Crippen LogP contribution >= 0.6 is 0 Å². The quantitative estimate of drug-likeness (QED) is 0.838. The van der Waals surface area contributed by atoms with Crippen LogP contribution in [0.25, 0.3) is 0 Å². The first-order valence-corrected chi connectivity index (χ1v) is 5.41. The Balaban J connectivity index is 2.80. The Bertz CT molecular complexity index is 413. The second-order valence-electron chi connectivity index (χ2n) is 3.87. The summed E-state index contributed by atoms with van der Waals surface area (Å²) < 4.78 is 4.88. The molecule has 1 unspecified atom stereocenters. The van der Waals surface area contributed by atoms with Crippen LogP contribution in [-0.4, -0.2) is 39.6 Å². The molecule has 0 aliphatic carbocycles. The lowest BCUT2D eigenvalue weighted by Gasteiger charge is -2.25. The number of carbonyl (C=O) groups excluding carboxylic acids is 1. The summed E-state index contributed by atoms with van der Waals surface area (Å²) in [6, 6.07) is 1.16. The van der Waals surface area contributed by atoms with Gasteiger partial charge >= 0.3 is 5.97 Å². The van der Waals surface area contributed by atoms with Crippen LogP contribution in [-0.2, 0) is 4.79 Å². The van der Waals surface area contributed by atoms with Gasteiger partial charge < -0.3 is 14.5 Å². The Kier molecular flexibility index (Phi) is 4.25. The van der Waals surface area contributed by atoms with Gasteiger partial charge in [0.1, 0.15) is 0 Å². The Labute approximate surface area is 99.2 Å². The Hall–Kier alpha value is -1.85. The van der Waals surface area contributed by atoms with Crippen LogP contribution in [0.15, 0.2) is 10.6 Å². The molecule has 1 aromatic heterocycles. The van der Waals surface area contributed by atoms with E-state index in [-0.39, 0.29) is 24.1 Å². The van der Waals surface area contributed by atoms with Crippen molar-refractivity contribution in [3.05, 3.63) is 17.5 Å². The molecule has 0 bridgehead atoms. The number of carboxylic acid groups (broad SMARTS) is 1. The first kappa shape index (κ1) is 13.2.